The summed E-state index contributed by atoms with van der Waals surface area (Å²) in [7, 11) is 0. The zero-order valence-electron chi connectivity index (χ0n) is 21.5. The van der Waals surface area contributed by atoms with Crippen LogP contribution in [0.15, 0.2) is 0 Å². The van der Waals surface area contributed by atoms with Crippen molar-refractivity contribution in [1.29, 1.82) is 0 Å². The maximum Gasteiger partial charge on any atom is 0.326 e. The van der Waals surface area contributed by atoms with Gasteiger partial charge in [0.25, 0.3) is 0 Å². The van der Waals surface area contributed by atoms with Crippen LogP contribution in [-0.4, -0.2) is 112 Å². The number of carbonyl (C=O) groups excluding carboxylic acids is 5. The molecule has 5 amide bonds. The molecule has 0 fully saturated rings. The highest BCUT2D eigenvalue weighted by molar-refractivity contribution is 5.90. The summed E-state index contributed by atoms with van der Waals surface area (Å²) in [4.78, 5) is 68.9. The van der Waals surface area contributed by atoms with Crippen LogP contribution in [0, 0.1) is 15.6 Å². The van der Waals surface area contributed by atoms with Crippen LogP contribution in [-0.2, 0) is 28.8 Å². The van der Waals surface area contributed by atoms with E-state index in [1.807, 2.05) is 0 Å². The van der Waals surface area contributed by atoms with Crippen LogP contribution in [0.4, 0.5) is 0 Å². The van der Waals surface area contributed by atoms with E-state index >= 15 is 0 Å². The van der Waals surface area contributed by atoms with Gasteiger partial charge in [-0.05, 0) is 45.4 Å². The summed E-state index contributed by atoms with van der Waals surface area (Å²) in [6.45, 7) is 0.213. The zero-order chi connectivity index (χ0) is 30.1. The number of nitrogens with one attached hydrogen (secondary N) is 2. The van der Waals surface area contributed by atoms with Crippen molar-refractivity contribution in [3.05, 3.63) is 15.6 Å². The van der Waals surface area contributed by atoms with Crippen LogP contribution in [0.25, 0.3) is 0 Å². The maximum atomic E-state index is 12.5. The highest BCUT2D eigenvalue weighted by atomic mass is 16.5. The van der Waals surface area contributed by atoms with Crippen molar-refractivity contribution in [2.75, 3.05) is 19.6 Å². The number of hydrogen-bond acceptors (Lipinski definition) is 12. The Bertz CT molecular complexity index is 817. The first-order chi connectivity index (χ1) is 18.2. The number of carboxylic acid groups (broad SMARTS) is 1. The first-order valence-corrected chi connectivity index (χ1v) is 12.0. The highest BCUT2D eigenvalue weighted by Crippen LogP contribution is 2.07. The molecule has 0 unspecified atom stereocenters. The Kier molecular flexibility index (Phi) is 17.1. The van der Waals surface area contributed by atoms with Gasteiger partial charge >= 0.3 is 5.97 Å². The smallest absolute Gasteiger partial charge is 0.326 e. The lowest BCUT2D eigenvalue weighted by Gasteiger charge is -2.34. The van der Waals surface area contributed by atoms with Crippen molar-refractivity contribution >= 4 is 36.5 Å². The molecule has 0 saturated heterocycles. The number of carbonyl (C=O) groups is 6. The average Bonchev–Trinajstić information content (AvgIpc) is 2.89. The quantitative estimate of drug-likeness (QED) is 0.0589. The molecule has 0 radical (unpaired) electrons. The van der Waals surface area contributed by atoms with Crippen LogP contribution < -0.4 is 22.1 Å². The predicted molar refractivity (Wildman–Crippen MR) is 134 cm³/mol. The fourth-order valence-corrected chi connectivity index (χ4v) is 3.19. The number of aliphatic hydroxyl groups is 1. The summed E-state index contributed by atoms with van der Waals surface area (Å²) < 4.78 is 0. The van der Waals surface area contributed by atoms with Crippen LogP contribution in [0.2, 0.25) is 0 Å². The standard InChI is InChI=1S/C21H36N7O11/c1-13(31)17(25-19(33)15(23)6-3-9-27(38)12-30)20(34)28(39)10-4-7-16(21(35)36)24-18(32)14(22)5-2-8-26(37)11-29/h11-17,31H,2-10,22-23H2,1H3,(H,24,32)(H,25,33)(H,35,36)/q-3/t13-,14-,15-,16+,17-/m1/s1. The molecule has 0 aliphatic carbocycles. The highest BCUT2D eigenvalue weighted by Gasteiger charge is 2.29. The third kappa shape index (κ3) is 14.3. The molecule has 224 valence electrons. The Morgan fingerprint density at radius 2 is 1.26 bits per heavy atom. The molecule has 0 aliphatic heterocycles. The normalized spacial score (nSPS) is 14.6. The van der Waals surface area contributed by atoms with E-state index in [0.29, 0.717) is 0 Å². The molecule has 18 nitrogen and oxygen atoms in total. The minimum Gasteiger partial charge on any atom is -0.756 e. The third-order valence-corrected chi connectivity index (χ3v) is 5.46. The first kappa shape index (κ1) is 35.6. The molecule has 0 aromatic rings. The van der Waals surface area contributed by atoms with Gasteiger partial charge in [-0.25, -0.2) is 4.79 Å². The molecule has 0 aliphatic rings. The predicted octanol–water partition coefficient (Wildman–Crippen LogP) is -3.34. The van der Waals surface area contributed by atoms with Crippen LogP contribution >= 0.6 is 0 Å². The van der Waals surface area contributed by atoms with Gasteiger partial charge in [-0.1, -0.05) is 0 Å². The van der Waals surface area contributed by atoms with Crippen LogP contribution in [0.3, 0.4) is 0 Å². The van der Waals surface area contributed by atoms with Gasteiger partial charge in [0.1, 0.15) is 12.1 Å². The molecule has 0 spiro atoms. The summed E-state index contributed by atoms with van der Waals surface area (Å²) in [6.07, 6.45) is -1.67. The van der Waals surface area contributed by atoms with E-state index in [0.717, 1.165) is 6.92 Å². The fraction of sp³-hybridized carbons (Fsp3) is 0.714. The van der Waals surface area contributed by atoms with Crippen molar-refractivity contribution in [1.82, 2.24) is 25.8 Å². The number of nitrogens with zero attached hydrogens (tertiary/aromatic N) is 3. The van der Waals surface area contributed by atoms with Crippen molar-refractivity contribution in [3.8, 4) is 0 Å². The lowest BCUT2D eigenvalue weighted by atomic mass is 10.1. The number of carboxylic acids is 1. The Balaban J connectivity index is 4.81. The van der Waals surface area contributed by atoms with Crippen molar-refractivity contribution in [2.45, 2.75) is 75.7 Å². The topological polar surface area (TPSA) is 298 Å². The summed E-state index contributed by atoms with van der Waals surface area (Å²) in [6, 6.07) is -5.47. The Hall–Kier alpha value is -3.42. The van der Waals surface area contributed by atoms with E-state index < -0.39 is 60.5 Å². The van der Waals surface area contributed by atoms with Gasteiger partial charge in [0, 0.05) is 19.6 Å². The second-order valence-corrected chi connectivity index (χ2v) is 8.70. The Labute approximate surface area is 224 Å². The maximum absolute atomic E-state index is 12.5. The van der Waals surface area contributed by atoms with Crippen molar-refractivity contribution in [2.24, 2.45) is 11.5 Å². The van der Waals surface area contributed by atoms with Gasteiger partial charge in [0.2, 0.25) is 17.7 Å². The lowest BCUT2D eigenvalue weighted by molar-refractivity contribution is -0.142. The summed E-state index contributed by atoms with van der Waals surface area (Å²) in [5, 5.41) is 57.8. The molecule has 0 aromatic carbocycles. The van der Waals surface area contributed by atoms with Crippen LogP contribution in [0.5, 0.6) is 0 Å². The Morgan fingerprint density at radius 3 is 1.67 bits per heavy atom. The molecule has 0 rings (SSSR count). The third-order valence-electron chi connectivity index (χ3n) is 5.46. The van der Waals surface area contributed by atoms with Crippen molar-refractivity contribution in [3.63, 3.8) is 0 Å². The number of hydroxylamine groups is 6. The monoisotopic (exact) mass is 562 g/mol. The summed E-state index contributed by atoms with van der Waals surface area (Å²) in [5.74, 6) is -4.37. The largest absolute Gasteiger partial charge is 0.756 e. The van der Waals surface area contributed by atoms with Crippen molar-refractivity contribution < 1.29 is 39.0 Å². The average molecular weight is 563 g/mol. The number of nitrogens with two attached hydrogens (primary N) is 2. The molecule has 8 N–H and O–H groups in total. The molecular weight excluding hydrogens is 526 g/mol. The molecule has 0 saturated carbocycles. The van der Waals surface area contributed by atoms with E-state index in [4.69, 9.17) is 11.5 Å². The molecule has 39 heavy (non-hydrogen) atoms. The number of amides is 5. The van der Waals surface area contributed by atoms with Gasteiger partial charge < -0.3 is 63.1 Å². The van der Waals surface area contributed by atoms with Gasteiger partial charge in [-0.2, -0.15) is 0 Å². The first-order valence-electron chi connectivity index (χ1n) is 12.0. The number of aliphatic hydroxyl groups excluding tert-OH is 1. The van der Waals surface area contributed by atoms with Gasteiger partial charge in [-0.3, -0.25) is 24.0 Å². The second kappa shape index (κ2) is 18.8. The zero-order valence-corrected chi connectivity index (χ0v) is 21.5. The Morgan fingerprint density at radius 1 is 0.821 bits per heavy atom. The van der Waals surface area contributed by atoms with E-state index in [1.54, 1.807) is 0 Å². The van der Waals surface area contributed by atoms with E-state index in [1.165, 1.54) is 0 Å². The number of hydrogen-bond donors (Lipinski definition) is 6. The van der Waals surface area contributed by atoms with Crippen LogP contribution in [0.1, 0.15) is 45.4 Å². The molecule has 5 atom stereocenters. The summed E-state index contributed by atoms with van der Waals surface area (Å²) in [5.41, 5.74) is 11.3. The second-order valence-electron chi connectivity index (χ2n) is 8.70. The molecule has 18 heteroatoms. The fourth-order valence-electron chi connectivity index (χ4n) is 3.19. The molecule has 0 heterocycles. The minimum absolute atomic E-state index is 0.000463. The van der Waals surface area contributed by atoms with Gasteiger partial charge in [0.15, 0.2) is 12.8 Å². The van der Waals surface area contributed by atoms with E-state index in [2.05, 4.69) is 10.6 Å². The van der Waals surface area contributed by atoms with E-state index in [-0.39, 0.29) is 79.6 Å². The number of rotatable bonds is 21. The minimum atomic E-state index is -1.66. The van der Waals surface area contributed by atoms with E-state index in [9.17, 15) is 54.6 Å². The van der Waals surface area contributed by atoms with Gasteiger partial charge in [-0.15, -0.1) is 0 Å². The lowest BCUT2D eigenvalue weighted by Crippen LogP contribution is -2.56. The summed E-state index contributed by atoms with van der Waals surface area (Å²) >= 11 is 0. The van der Waals surface area contributed by atoms with Gasteiger partial charge in [0.05, 0.1) is 18.2 Å². The number of aliphatic carboxylic acids is 1. The molecule has 0 bridgehead atoms. The molecular formula is C21H36N7O11-3. The molecule has 0 aromatic heterocycles. The SMILES string of the molecule is C[C@@H](O)[C@@H](NC(=O)[C@H](N)CCCN([O-])C=O)C(=O)N([O-])CCC[C@H](NC(=O)[C@H](N)CCCN([O-])C=O)C(=O)O.